The van der Waals surface area contributed by atoms with E-state index >= 15 is 0 Å². The third-order valence-electron chi connectivity index (χ3n) is 3.67. The van der Waals surface area contributed by atoms with Gasteiger partial charge in [-0.2, -0.15) is 0 Å². The van der Waals surface area contributed by atoms with Crippen LogP contribution in [0.15, 0.2) is 48.9 Å². The first-order valence-electron chi connectivity index (χ1n) is 8.33. The molecule has 0 saturated heterocycles. The van der Waals surface area contributed by atoms with E-state index in [-0.39, 0.29) is 11.5 Å². The number of benzene rings is 2. The van der Waals surface area contributed by atoms with E-state index in [4.69, 9.17) is 0 Å². The fourth-order valence-corrected chi connectivity index (χ4v) is 2.04. The van der Waals surface area contributed by atoms with Crippen LogP contribution in [0.4, 0.5) is 0 Å². The lowest BCUT2D eigenvalue weighted by atomic mass is 10.2. The molecule has 6 N–H and O–H groups in total. The van der Waals surface area contributed by atoms with E-state index in [2.05, 4.69) is 9.47 Å². The number of aliphatic hydroxyl groups is 2. The first-order valence-corrected chi connectivity index (χ1v) is 8.33. The number of carbonyl (C=O) groups excluding carboxylic acids is 2. The van der Waals surface area contributed by atoms with Crippen molar-refractivity contribution < 1.29 is 49.7 Å². The molecule has 0 saturated carbocycles. The highest BCUT2D eigenvalue weighted by molar-refractivity contribution is 5.86. The van der Waals surface area contributed by atoms with Crippen LogP contribution in [-0.2, 0) is 19.1 Å². The number of phenols is 4. The van der Waals surface area contributed by atoms with Crippen LogP contribution < -0.4 is 0 Å². The Hall–Kier alpha value is -4.02. The van der Waals surface area contributed by atoms with Gasteiger partial charge in [-0.15, -0.1) is 0 Å². The third kappa shape index (κ3) is 5.99. The molecule has 30 heavy (non-hydrogen) atoms. The van der Waals surface area contributed by atoms with Crippen LogP contribution in [0.2, 0.25) is 0 Å². The maximum Gasteiger partial charge on any atom is 0.343 e. The maximum absolute atomic E-state index is 11.7. The zero-order valence-corrected chi connectivity index (χ0v) is 15.2. The van der Waals surface area contributed by atoms with E-state index in [1.165, 1.54) is 48.6 Å². The molecule has 0 fully saturated rings. The molecule has 10 heteroatoms. The molecule has 0 unspecified atom stereocenters. The van der Waals surface area contributed by atoms with Gasteiger partial charge in [-0.25, -0.2) is 9.59 Å². The highest BCUT2D eigenvalue weighted by Crippen LogP contribution is 2.26. The Morgan fingerprint density at radius 2 is 1.03 bits per heavy atom. The Morgan fingerprint density at radius 3 is 1.37 bits per heavy atom. The Morgan fingerprint density at radius 1 is 0.667 bits per heavy atom. The summed E-state index contributed by atoms with van der Waals surface area (Å²) >= 11 is 0. The summed E-state index contributed by atoms with van der Waals surface area (Å²) in [5, 5.41) is 56.5. The lowest BCUT2D eigenvalue weighted by molar-refractivity contribution is -0.166. The van der Waals surface area contributed by atoms with Gasteiger partial charge in [0.05, 0.1) is 12.5 Å². The molecular weight excluding hydrogens is 400 g/mol. The fourth-order valence-electron chi connectivity index (χ4n) is 2.04. The molecule has 0 amide bonds. The minimum absolute atomic E-state index is 0.336. The monoisotopic (exact) mass is 418 g/mol. The van der Waals surface area contributed by atoms with Gasteiger partial charge in [0.2, 0.25) is 0 Å². The molecule has 2 aromatic carbocycles. The normalized spacial score (nSPS) is 13.3. The minimum atomic E-state index is -2.23. The summed E-state index contributed by atoms with van der Waals surface area (Å²) in [5.41, 5.74) is 0.718. The predicted octanol–water partition coefficient (Wildman–Crippen LogP) is 0.959. The molecule has 0 aliphatic heterocycles. The van der Waals surface area contributed by atoms with Gasteiger partial charge in [-0.3, -0.25) is 0 Å². The molecule has 0 heterocycles. The Bertz CT molecular complexity index is 900. The number of ether oxygens (including phenoxy) is 2. The molecule has 10 nitrogen and oxygen atoms in total. The van der Waals surface area contributed by atoms with Crippen molar-refractivity contribution in [3.63, 3.8) is 0 Å². The summed E-state index contributed by atoms with van der Waals surface area (Å²) in [6, 6.07) is 7.59. The van der Waals surface area contributed by atoms with Gasteiger partial charge in [0.15, 0.2) is 35.2 Å². The average molecular weight is 418 g/mol. The van der Waals surface area contributed by atoms with E-state index in [9.17, 15) is 40.2 Å². The second-order valence-corrected chi connectivity index (χ2v) is 5.87. The van der Waals surface area contributed by atoms with Gasteiger partial charge >= 0.3 is 11.9 Å². The molecule has 0 bridgehead atoms. The van der Waals surface area contributed by atoms with Crippen molar-refractivity contribution in [1.29, 1.82) is 0 Å². The summed E-state index contributed by atoms with van der Waals surface area (Å²) in [6.07, 6.45) is -0.309. The number of esters is 2. The highest BCUT2D eigenvalue weighted by atomic mass is 16.6. The van der Waals surface area contributed by atoms with Crippen molar-refractivity contribution in [1.82, 2.24) is 0 Å². The lowest BCUT2D eigenvalue weighted by Crippen LogP contribution is -2.40. The zero-order chi connectivity index (χ0) is 22.3. The fraction of sp³-hybridized carbons (Fsp3) is 0.100. The van der Waals surface area contributed by atoms with Gasteiger partial charge < -0.3 is 40.1 Å². The topological polar surface area (TPSA) is 174 Å². The number of carbonyl (C=O) groups is 2. The Kier molecular flexibility index (Phi) is 7.39. The van der Waals surface area contributed by atoms with Crippen LogP contribution in [0.3, 0.4) is 0 Å². The molecule has 2 atom stereocenters. The first kappa shape index (κ1) is 22.3. The Balaban J connectivity index is 1.87. The molecule has 2 aromatic rings. The summed E-state index contributed by atoms with van der Waals surface area (Å²) in [7, 11) is 0. The molecule has 2 rings (SSSR count). The summed E-state index contributed by atoms with van der Waals surface area (Å²) in [6.45, 7) is 0. The van der Waals surface area contributed by atoms with Crippen molar-refractivity contribution in [3.05, 3.63) is 60.0 Å². The Labute approximate surface area is 169 Å². The SMILES string of the molecule is O=C(O/C=C/c1ccc(O)c(O)c1)[C@@H](O)[C@@H](O)C(=O)O/C=C/c1ccc(O)c(O)c1. The van der Waals surface area contributed by atoms with E-state index in [0.29, 0.717) is 11.1 Å². The average Bonchev–Trinajstić information content (AvgIpc) is 2.71. The number of aliphatic hydroxyl groups excluding tert-OH is 2. The second-order valence-electron chi connectivity index (χ2n) is 5.87. The van der Waals surface area contributed by atoms with Gasteiger partial charge in [-0.1, -0.05) is 12.1 Å². The molecule has 0 radical (unpaired) electrons. The summed E-state index contributed by atoms with van der Waals surface area (Å²) in [4.78, 5) is 23.4. The first-order chi connectivity index (χ1) is 14.2. The third-order valence-corrected chi connectivity index (χ3v) is 3.67. The van der Waals surface area contributed by atoms with Crippen molar-refractivity contribution in [3.8, 4) is 23.0 Å². The van der Waals surface area contributed by atoms with Crippen LogP contribution in [0.25, 0.3) is 12.2 Å². The van der Waals surface area contributed by atoms with E-state index in [1.807, 2.05) is 0 Å². The van der Waals surface area contributed by atoms with E-state index < -0.39 is 35.6 Å². The van der Waals surface area contributed by atoms with E-state index in [0.717, 1.165) is 12.5 Å². The van der Waals surface area contributed by atoms with Crippen LogP contribution in [-0.4, -0.2) is 54.8 Å². The molecule has 0 aliphatic rings. The number of rotatable bonds is 7. The largest absolute Gasteiger partial charge is 0.504 e. The smallest absolute Gasteiger partial charge is 0.343 e. The molecule has 0 aromatic heterocycles. The van der Waals surface area contributed by atoms with Crippen molar-refractivity contribution in [2.75, 3.05) is 0 Å². The summed E-state index contributed by atoms with van der Waals surface area (Å²) < 4.78 is 9.19. The standard InChI is InChI=1S/C20H18O10/c21-13-3-1-11(9-15(13)23)5-7-29-19(27)17(25)18(26)20(28)30-8-6-12-2-4-14(22)16(24)10-12/h1-10,17-18,21-26H/b7-5+,8-6+/t17-,18+. The second kappa shape index (κ2) is 9.96. The highest BCUT2D eigenvalue weighted by Gasteiger charge is 2.32. The van der Waals surface area contributed by atoms with Crippen LogP contribution in [0.5, 0.6) is 23.0 Å². The lowest BCUT2D eigenvalue weighted by Gasteiger charge is -2.13. The number of aromatic hydroxyl groups is 4. The predicted molar refractivity (Wildman–Crippen MR) is 102 cm³/mol. The quantitative estimate of drug-likeness (QED) is 0.216. The van der Waals surface area contributed by atoms with Crippen LogP contribution in [0.1, 0.15) is 11.1 Å². The van der Waals surface area contributed by atoms with Crippen molar-refractivity contribution in [2.24, 2.45) is 0 Å². The number of hydrogen-bond acceptors (Lipinski definition) is 10. The van der Waals surface area contributed by atoms with Gasteiger partial charge in [-0.05, 0) is 47.5 Å². The maximum atomic E-state index is 11.7. The molecular formula is C20H18O10. The zero-order valence-electron chi connectivity index (χ0n) is 15.2. The number of phenolic OH excluding ortho intramolecular Hbond substituents is 4. The minimum Gasteiger partial charge on any atom is -0.504 e. The van der Waals surface area contributed by atoms with Gasteiger partial charge in [0.25, 0.3) is 0 Å². The van der Waals surface area contributed by atoms with Crippen LogP contribution in [0, 0.1) is 0 Å². The molecule has 0 aliphatic carbocycles. The summed E-state index contributed by atoms with van der Waals surface area (Å²) in [5.74, 6) is -4.14. The van der Waals surface area contributed by atoms with Crippen molar-refractivity contribution >= 4 is 24.1 Å². The van der Waals surface area contributed by atoms with Crippen LogP contribution >= 0.6 is 0 Å². The van der Waals surface area contributed by atoms with Gasteiger partial charge in [0.1, 0.15) is 0 Å². The van der Waals surface area contributed by atoms with Crippen molar-refractivity contribution in [2.45, 2.75) is 12.2 Å². The van der Waals surface area contributed by atoms with E-state index in [1.54, 1.807) is 0 Å². The molecule has 0 spiro atoms. The molecule has 158 valence electrons. The number of hydrogen-bond donors (Lipinski definition) is 6. The van der Waals surface area contributed by atoms with Gasteiger partial charge in [0, 0.05) is 0 Å².